The van der Waals surface area contributed by atoms with Crippen LogP contribution in [-0.2, 0) is 9.59 Å². The van der Waals surface area contributed by atoms with E-state index in [-0.39, 0.29) is 47.7 Å². The first-order valence-electron chi connectivity index (χ1n) is 12.3. The number of hydrogen-bond acceptors (Lipinski definition) is 6. The van der Waals surface area contributed by atoms with Gasteiger partial charge in [0.2, 0.25) is 5.91 Å². The largest absolute Gasteiger partial charge is 0.378 e. The van der Waals surface area contributed by atoms with Crippen LogP contribution in [0.1, 0.15) is 47.5 Å². The molecular weight excluding hydrogens is 458 g/mol. The number of anilines is 1. The molecule has 190 valence electrons. The number of amides is 3. The van der Waals surface area contributed by atoms with E-state index < -0.39 is 12.1 Å². The molecule has 0 unspecified atom stereocenters. The minimum absolute atomic E-state index is 0.0477. The zero-order valence-electron chi connectivity index (χ0n) is 21.2. The number of nitrogens with zero attached hydrogens (tertiary/aromatic N) is 4. The smallest absolute Gasteiger partial charge is 0.273 e. The van der Waals surface area contributed by atoms with Crippen LogP contribution in [-0.4, -0.2) is 83.6 Å². The number of carbonyl (C=O) groups excluding carboxylic acids is 4. The molecule has 0 radical (unpaired) electrons. The Balaban J connectivity index is 1.50. The van der Waals surface area contributed by atoms with Gasteiger partial charge in [0.25, 0.3) is 11.8 Å². The van der Waals surface area contributed by atoms with Gasteiger partial charge in [-0.2, -0.15) is 0 Å². The topological polar surface area (TPSA) is 103 Å². The van der Waals surface area contributed by atoms with E-state index in [4.69, 9.17) is 0 Å². The molecule has 1 N–H and O–H groups in total. The van der Waals surface area contributed by atoms with Gasteiger partial charge in [0.1, 0.15) is 17.8 Å². The highest BCUT2D eigenvalue weighted by molar-refractivity contribution is 6.03. The average molecular weight is 492 g/mol. The second-order valence-electron chi connectivity index (χ2n) is 10.0. The van der Waals surface area contributed by atoms with E-state index in [2.05, 4.69) is 10.3 Å². The molecule has 1 aromatic heterocycles. The molecule has 1 aromatic carbocycles. The number of fused-ring (bicyclic) bond motifs is 1. The fourth-order valence-corrected chi connectivity index (χ4v) is 5.02. The second-order valence-corrected chi connectivity index (χ2v) is 10.0. The zero-order valence-corrected chi connectivity index (χ0v) is 21.2. The Morgan fingerprint density at radius 3 is 2.42 bits per heavy atom. The summed E-state index contributed by atoms with van der Waals surface area (Å²) >= 11 is 0. The third-order valence-corrected chi connectivity index (χ3v) is 6.81. The van der Waals surface area contributed by atoms with Crippen LogP contribution in [0, 0.1) is 5.92 Å². The lowest BCUT2D eigenvalue weighted by atomic mass is 10.0. The van der Waals surface area contributed by atoms with Crippen LogP contribution in [0.2, 0.25) is 0 Å². The Bertz CT molecular complexity index is 1130. The average Bonchev–Trinajstić information content (AvgIpc) is 3.44. The fourth-order valence-electron chi connectivity index (χ4n) is 5.02. The van der Waals surface area contributed by atoms with Crippen molar-refractivity contribution < 1.29 is 19.2 Å². The van der Waals surface area contributed by atoms with E-state index in [1.165, 1.54) is 4.90 Å². The Kier molecular flexibility index (Phi) is 7.37. The molecule has 0 bridgehead atoms. The molecule has 3 heterocycles. The number of benzene rings is 1. The molecule has 3 atom stereocenters. The molecule has 2 fully saturated rings. The predicted octanol–water partition coefficient (Wildman–Crippen LogP) is 1.99. The maximum absolute atomic E-state index is 13.7. The standard InChI is InChI=1S/C27H33N5O4/c1-17(2)15-21(29-25(34)18-8-10-19(11-9-18)30(3)4)27(36)31-14-12-22-24(31)23(33)16-32(22)26(35)20-7-5-6-13-28-20/h5-11,13,17,21-22,24H,12,14-16H2,1-4H3,(H,29,34)/t21-,22+,24-/m0/s1. The van der Waals surface area contributed by atoms with Crippen LogP contribution in [0.4, 0.5) is 5.69 Å². The predicted molar refractivity (Wildman–Crippen MR) is 136 cm³/mol. The second kappa shape index (κ2) is 10.5. The van der Waals surface area contributed by atoms with Gasteiger partial charge >= 0.3 is 0 Å². The third kappa shape index (κ3) is 5.10. The van der Waals surface area contributed by atoms with Crippen molar-refractivity contribution in [3.63, 3.8) is 0 Å². The molecule has 2 aliphatic rings. The number of nitrogens with one attached hydrogen (secondary N) is 1. The van der Waals surface area contributed by atoms with Crippen molar-refractivity contribution in [2.75, 3.05) is 32.1 Å². The van der Waals surface area contributed by atoms with Crippen LogP contribution in [0.5, 0.6) is 0 Å². The molecule has 9 nitrogen and oxygen atoms in total. The minimum atomic E-state index is -0.766. The molecule has 0 aliphatic carbocycles. The van der Waals surface area contributed by atoms with Crippen molar-refractivity contribution in [1.29, 1.82) is 0 Å². The van der Waals surface area contributed by atoms with Crippen molar-refractivity contribution in [3.8, 4) is 0 Å². The van der Waals surface area contributed by atoms with Gasteiger partial charge in [-0.1, -0.05) is 19.9 Å². The van der Waals surface area contributed by atoms with Crippen molar-refractivity contribution >= 4 is 29.2 Å². The number of pyridine rings is 1. The molecule has 4 rings (SSSR count). The Morgan fingerprint density at radius 2 is 1.81 bits per heavy atom. The lowest BCUT2D eigenvalue weighted by molar-refractivity contribution is -0.138. The molecule has 0 spiro atoms. The van der Waals surface area contributed by atoms with Gasteiger partial charge in [0, 0.05) is 38.1 Å². The summed E-state index contributed by atoms with van der Waals surface area (Å²) in [5.41, 5.74) is 1.71. The highest BCUT2D eigenvalue weighted by atomic mass is 16.2. The van der Waals surface area contributed by atoms with Gasteiger partial charge in [0.05, 0.1) is 12.6 Å². The summed E-state index contributed by atoms with van der Waals surface area (Å²) in [6.07, 6.45) is 2.49. The van der Waals surface area contributed by atoms with E-state index in [0.29, 0.717) is 24.9 Å². The van der Waals surface area contributed by atoms with Crippen LogP contribution in [0.15, 0.2) is 48.7 Å². The number of carbonyl (C=O) groups is 4. The Hall–Kier alpha value is -3.75. The minimum Gasteiger partial charge on any atom is -0.378 e. The quantitative estimate of drug-likeness (QED) is 0.636. The third-order valence-electron chi connectivity index (χ3n) is 6.81. The molecule has 2 saturated heterocycles. The first kappa shape index (κ1) is 25.3. The number of Topliss-reactive ketones (excluding diaryl/α,β-unsaturated/α-hetero) is 1. The molecule has 2 aliphatic heterocycles. The number of hydrogen-bond donors (Lipinski definition) is 1. The lowest BCUT2D eigenvalue weighted by Crippen LogP contribution is -2.53. The van der Waals surface area contributed by atoms with Crippen molar-refractivity contribution in [1.82, 2.24) is 20.1 Å². The summed E-state index contributed by atoms with van der Waals surface area (Å²) in [6, 6.07) is 10.4. The Morgan fingerprint density at radius 1 is 1.08 bits per heavy atom. The first-order valence-corrected chi connectivity index (χ1v) is 12.3. The molecule has 3 amide bonds. The van der Waals surface area contributed by atoms with Gasteiger partial charge in [-0.25, -0.2) is 0 Å². The summed E-state index contributed by atoms with van der Waals surface area (Å²) in [6.45, 7) is 4.28. The van der Waals surface area contributed by atoms with Crippen molar-refractivity contribution in [3.05, 3.63) is 59.9 Å². The van der Waals surface area contributed by atoms with Gasteiger partial charge < -0.3 is 20.0 Å². The maximum Gasteiger partial charge on any atom is 0.273 e. The monoisotopic (exact) mass is 491 g/mol. The van der Waals surface area contributed by atoms with E-state index in [0.717, 1.165) is 5.69 Å². The molecular formula is C27H33N5O4. The van der Waals surface area contributed by atoms with Gasteiger partial charge in [-0.05, 0) is 55.2 Å². The highest BCUT2D eigenvalue weighted by Gasteiger charge is 2.52. The number of likely N-dealkylation sites (tertiary alicyclic amines) is 2. The molecule has 2 aromatic rings. The lowest BCUT2D eigenvalue weighted by Gasteiger charge is -2.29. The van der Waals surface area contributed by atoms with Gasteiger partial charge in [0.15, 0.2) is 5.78 Å². The number of rotatable bonds is 7. The molecule has 36 heavy (non-hydrogen) atoms. The summed E-state index contributed by atoms with van der Waals surface area (Å²) in [5, 5.41) is 2.90. The van der Waals surface area contributed by atoms with E-state index in [1.807, 2.05) is 45.0 Å². The summed E-state index contributed by atoms with van der Waals surface area (Å²) in [4.78, 5) is 61.8. The zero-order chi connectivity index (χ0) is 26.0. The maximum atomic E-state index is 13.7. The summed E-state index contributed by atoms with van der Waals surface area (Å²) in [5.74, 6) is -0.937. The summed E-state index contributed by atoms with van der Waals surface area (Å²) < 4.78 is 0. The van der Waals surface area contributed by atoms with E-state index in [1.54, 1.807) is 41.4 Å². The van der Waals surface area contributed by atoms with E-state index in [9.17, 15) is 19.2 Å². The van der Waals surface area contributed by atoms with E-state index >= 15 is 0 Å². The van der Waals surface area contributed by atoms with Gasteiger partial charge in [-0.3, -0.25) is 24.2 Å². The fraction of sp³-hybridized carbons (Fsp3) is 0.444. The highest BCUT2D eigenvalue weighted by Crippen LogP contribution is 2.31. The molecule has 9 heteroatoms. The van der Waals surface area contributed by atoms with Crippen molar-refractivity contribution in [2.45, 2.75) is 44.8 Å². The summed E-state index contributed by atoms with van der Waals surface area (Å²) in [7, 11) is 3.84. The SMILES string of the molecule is CC(C)C[C@H](NC(=O)c1ccc(N(C)C)cc1)C(=O)N1CC[C@@H]2[C@H]1C(=O)CN2C(=O)c1ccccn1. The van der Waals surface area contributed by atoms with Crippen LogP contribution in [0.25, 0.3) is 0 Å². The van der Waals surface area contributed by atoms with Crippen LogP contribution in [0.3, 0.4) is 0 Å². The molecule has 0 saturated carbocycles. The number of aromatic nitrogens is 1. The normalized spacial score (nSPS) is 19.9. The van der Waals surface area contributed by atoms with Crippen LogP contribution >= 0.6 is 0 Å². The first-order chi connectivity index (χ1) is 17.2. The number of ketones is 1. The van der Waals surface area contributed by atoms with Gasteiger partial charge in [-0.15, -0.1) is 0 Å². The van der Waals surface area contributed by atoms with Crippen LogP contribution < -0.4 is 10.2 Å². The van der Waals surface area contributed by atoms with Crippen molar-refractivity contribution in [2.24, 2.45) is 5.92 Å². The Labute approximate surface area is 211 Å².